The molecule has 0 N–H and O–H groups in total. The van der Waals surface area contributed by atoms with Gasteiger partial charge in [0.05, 0.1) is 11.3 Å². The van der Waals surface area contributed by atoms with Crippen LogP contribution in [0.1, 0.15) is 34.6 Å². The fourth-order valence-electron chi connectivity index (χ4n) is 1.36. The Labute approximate surface area is 84.6 Å². The molecule has 0 aromatic rings. The van der Waals surface area contributed by atoms with Crippen molar-refractivity contribution in [3.8, 4) is 0 Å². The first-order valence-electron chi connectivity index (χ1n) is 4.53. The second-order valence-electron chi connectivity index (χ2n) is 5.23. The molecule has 1 aliphatic rings. The maximum Gasteiger partial charge on any atom is 0.311 e. The molecule has 2 nitrogen and oxygen atoms in total. The maximum atomic E-state index is 11.5. The van der Waals surface area contributed by atoms with Gasteiger partial charge in [0, 0.05) is 0 Å². The van der Waals surface area contributed by atoms with E-state index >= 15 is 0 Å². The van der Waals surface area contributed by atoms with Crippen molar-refractivity contribution in [1.29, 1.82) is 0 Å². The Hall–Kier alpha value is -0.240. The van der Waals surface area contributed by atoms with E-state index in [0.29, 0.717) is 0 Å². The summed E-state index contributed by atoms with van der Waals surface area (Å²) < 4.78 is 5.24. The Bertz CT molecular complexity index is 228. The highest BCUT2D eigenvalue weighted by atomic mass is 35.5. The topological polar surface area (TPSA) is 26.3 Å². The van der Waals surface area contributed by atoms with Crippen molar-refractivity contribution in [2.24, 2.45) is 11.3 Å². The van der Waals surface area contributed by atoms with E-state index in [0.717, 1.165) is 0 Å². The zero-order chi connectivity index (χ0) is 10.4. The molecule has 0 saturated heterocycles. The number of hydrogen-bond donors (Lipinski definition) is 0. The van der Waals surface area contributed by atoms with E-state index in [1.165, 1.54) is 0 Å². The first-order chi connectivity index (χ1) is 5.66. The van der Waals surface area contributed by atoms with E-state index in [2.05, 4.69) is 0 Å². The molecule has 0 aromatic heterocycles. The average Bonchev–Trinajstić information content (AvgIpc) is 2.27. The van der Waals surface area contributed by atoms with Crippen molar-refractivity contribution in [2.75, 3.05) is 0 Å². The zero-order valence-electron chi connectivity index (χ0n) is 8.85. The summed E-state index contributed by atoms with van der Waals surface area (Å²) in [6.07, 6.45) is 0. The largest absolute Gasteiger partial charge is 0.460 e. The first kappa shape index (κ1) is 10.8. The van der Waals surface area contributed by atoms with Gasteiger partial charge in [0.15, 0.2) is 0 Å². The highest BCUT2D eigenvalue weighted by molar-refractivity contribution is 6.25. The van der Waals surface area contributed by atoms with Gasteiger partial charge < -0.3 is 4.74 Å². The van der Waals surface area contributed by atoms with E-state index in [1.54, 1.807) is 0 Å². The lowest BCUT2D eigenvalue weighted by molar-refractivity contribution is -0.157. The predicted octanol–water partition coefficient (Wildman–Crippen LogP) is 2.59. The van der Waals surface area contributed by atoms with Crippen molar-refractivity contribution in [3.63, 3.8) is 0 Å². The Morgan fingerprint density at radius 3 is 2.00 bits per heavy atom. The molecule has 0 heterocycles. The molecule has 1 aliphatic carbocycles. The number of ether oxygens (including phenoxy) is 1. The fraction of sp³-hybridized carbons (Fsp3) is 0.900. The summed E-state index contributed by atoms with van der Waals surface area (Å²) in [7, 11) is 0. The molecule has 2 atom stereocenters. The van der Waals surface area contributed by atoms with Gasteiger partial charge in [0.2, 0.25) is 0 Å². The lowest BCUT2D eigenvalue weighted by Gasteiger charge is -2.19. The Morgan fingerprint density at radius 2 is 1.77 bits per heavy atom. The lowest BCUT2D eigenvalue weighted by atomic mass is 10.1. The number of alkyl halides is 1. The molecule has 0 amide bonds. The molecule has 0 radical (unpaired) electrons. The van der Waals surface area contributed by atoms with Crippen LogP contribution in [-0.4, -0.2) is 16.9 Å². The van der Waals surface area contributed by atoms with E-state index in [1.807, 2.05) is 34.6 Å². The first-order valence-corrected chi connectivity index (χ1v) is 4.97. The summed E-state index contributed by atoms with van der Waals surface area (Å²) in [5, 5.41) is -0.0673. The monoisotopic (exact) mass is 204 g/mol. The van der Waals surface area contributed by atoms with Gasteiger partial charge in [-0.25, -0.2) is 0 Å². The molecular formula is C10H17ClO2. The number of carbonyl (C=O) groups is 1. The summed E-state index contributed by atoms with van der Waals surface area (Å²) in [6, 6.07) is 0. The minimum atomic E-state index is -0.410. The lowest BCUT2D eigenvalue weighted by Crippen LogP contribution is -2.26. The van der Waals surface area contributed by atoms with E-state index in [4.69, 9.17) is 16.3 Å². The fourth-order valence-corrected chi connectivity index (χ4v) is 1.85. The van der Waals surface area contributed by atoms with Gasteiger partial charge in [-0.3, -0.25) is 4.79 Å². The number of halogens is 1. The van der Waals surface area contributed by atoms with Crippen LogP contribution < -0.4 is 0 Å². The van der Waals surface area contributed by atoms with Crippen molar-refractivity contribution >= 4 is 17.6 Å². The second-order valence-corrected chi connectivity index (χ2v) is 5.70. The summed E-state index contributed by atoms with van der Waals surface area (Å²) >= 11 is 5.97. The van der Waals surface area contributed by atoms with Crippen molar-refractivity contribution in [2.45, 2.75) is 45.6 Å². The van der Waals surface area contributed by atoms with Crippen LogP contribution in [0.4, 0.5) is 0 Å². The molecule has 1 saturated carbocycles. The molecular weight excluding hydrogens is 188 g/mol. The highest BCUT2D eigenvalue weighted by Gasteiger charge is 2.62. The molecule has 0 aliphatic heterocycles. The maximum absolute atomic E-state index is 11.5. The van der Waals surface area contributed by atoms with E-state index in [-0.39, 0.29) is 22.7 Å². The zero-order valence-corrected chi connectivity index (χ0v) is 9.61. The number of carbonyl (C=O) groups excluding carboxylic acids is 1. The number of esters is 1. The van der Waals surface area contributed by atoms with E-state index < -0.39 is 5.60 Å². The summed E-state index contributed by atoms with van der Waals surface area (Å²) in [5.74, 6) is -0.300. The van der Waals surface area contributed by atoms with E-state index in [9.17, 15) is 4.79 Å². The van der Waals surface area contributed by atoms with Gasteiger partial charge in [-0.05, 0) is 26.2 Å². The minimum absolute atomic E-state index is 0.0673. The van der Waals surface area contributed by atoms with Crippen LogP contribution in [0.3, 0.4) is 0 Å². The molecule has 1 fully saturated rings. The third kappa shape index (κ3) is 2.16. The molecule has 1 unspecified atom stereocenters. The van der Waals surface area contributed by atoms with Gasteiger partial charge in [-0.2, -0.15) is 0 Å². The SMILES string of the molecule is CC(C)(C)OC(=O)C1[C@@H](Cl)C1(C)C. The van der Waals surface area contributed by atoms with Gasteiger partial charge >= 0.3 is 5.97 Å². The molecule has 0 spiro atoms. The molecule has 0 aromatic carbocycles. The van der Waals surface area contributed by atoms with Crippen LogP contribution in [-0.2, 0) is 9.53 Å². The van der Waals surface area contributed by atoms with Crippen LogP contribution in [0, 0.1) is 11.3 Å². The van der Waals surface area contributed by atoms with Crippen molar-refractivity contribution in [3.05, 3.63) is 0 Å². The highest BCUT2D eigenvalue weighted by Crippen LogP contribution is 2.56. The van der Waals surface area contributed by atoms with Gasteiger partial charge in [0.25, 0.3) is 0 Å². The minimum Gasteiger partial charge on any atom is -0.460 e. The Balaban J connectivity index is 2.54. The smallest absolute Gasteiger partial charge is 0.311 e. The predicted molar refractivity (Wildman–Crippen MR) is 52.8 cm³/mol. The standard InChI is InChI=1S/C10H17ClO2/c1-9(2,3)13-8(12)6-7(11)10(6,4)5/h6-7H,1-5H3/t6?,7-/m1/s1. The molecule has 13 heavy (non-hydrogen) atoms. The summed E-state index contributed by atoms with van der Waals surface area (Å²) in [6.45, 7) is 9.56. The van der Waals surface area contributed by atoms with Crippen molar-refractivity contribution in [1.82, 2.24) is 0 Å². The van der Waals surface area contributed by atoms with Crippen LogP contribution >= 0.6 is 11.6 Å². The van der Waals surface area contributed by atoms with Crippen LogP contribution in [0.25, 0.3) is 0 Å². The van der Waals surface area contributed by atoms with Crippen LogP contribution in [0.15, 0.2) is 0 Å². The average molecular weight is 205 g/mol. The molecule has 0 bridgehead atoms. The van der Waals surface area contributed by atoms with Gasteiger partial charge in [-0.15, -0.1) is 11.6 Å². The molecule has 76 valence electrons. The number of hydrogen-bond acceptors (Lipinski definition) is 2. The molecule has 3 heteroatoms. The van der Waals surface area contributed by atoms with Gasteiger partial charge in [-0.1, -0.05) is 13.8 Å². The van der Waals surface area contributed by atoms with Gasteiger partial charge in [0.1, 0.15) is 5.60 Å². The Morgan fingerprint density at radius 1 is 1.38 bits per heavy atom. The third-order valence-corrected chi connectivity index (χ3v) is 3.17. The van der Waals surface area contributed by atoms with Crippen LogP contribution in [0.2, 0.25) is 0 Å². The summed E-state index contributed by atoms with van der Waals surface area (Å²) in [5.41, 5.74) is -0.504. The normalized spacial score (nSPS) is 31.2. The Kier molecular flexibility index (Phi) is 2.40. The summed E-state index contributed by atoms with van der Waals surface area (Å²) in [4.78, 5) is 11.5. The van der Waals surface area contributed by atoms with Crippen molar-refractivity contribution < 1.29 is 9.53 Å². The number of rotatable bonds is 1. The molecule has 1 rings (SSSR count). The second kappa shape index (κ2) is 2.88. The quantitative estimate of drug-likeness (QED) is 0.485. The third-order valence-electron chi connectivity index (χ3n) is 2.36. The van der Waals surface area contributed by atoms with Crippen LogP contribution in [0.5, 0.6) is 0 Å².